The van der Waals surface area contributed by atoms with Gasteiger partial charge in [-0.2, -0.15) is 0 Å². The highest BCUT2D eigenvalue weighted by atomic mass is 16.6. The van der Waals surface area contributed by atoms with Crippen molar-refractivity contribution in [3.8, 4) is 17.4 Å². The highest BCUT2D eigenvalue weighted by molar-refractivity contribution is 5.78. The van der Waals surface area contributed by atoms with E-state index in [4.69, 9.17) is 19.9 Å². The van der Waals surface area contributed by atoms with Gasteiger partial charge < -0.3 is 30.2 Å². The fourth-order valence-electron chi connectivity index (χ4n) is 3.34. The number of benzene rings is 1. The van der Waals surface area contributed by atoms with E-state index in [0.29, 0.717) is 56.2 Å². The molecular formula is C23H31N5O4. The molecule has 2 heterocycles. The number of nitrogens with one attached hydrogen (secondary N) is 1. The molecule has 172 valence electrons. The van der Waals surface area contributed by atoms with Gasteiger partial charge in [0.2, 0.25) is 5.88 Å². The highest BCUT2D eigenvalue weighted by Gasteiger charge is 2.23. The number of amides is 1. The molecule has 2 aromatic rings. The van der Waals surface area contributed by atoms with Crippen LogP contribution < -0.4 is 20.5 Å². The molecule has 0 atom stereocenters. The molecular weight excluding hydrogens is 410 g/mol. The van der Waals surface area contributed by atoms with E-state index in [9.17, 15) is 4.79 Å². The third kappa shape index (κ3) is 6.76. The Hall–Kier alpha value is -3.49. The molecule has 32 heavy (non-hydrogen) atoms. The molecule has 0 bridgehead atoms. The Balaban J connectivity index is 1.47. The van der Waals surface area contributed by atoms with Crippen molar-refractivity contribution in [1.29, 1.82) is 0 Å². The summed E-state index contributed by atoms with van der Waals surface area (Å²) in [7, 11) is 0. The second-order valence-corrected chi connectivity index (χ2v) is 7.29. The van der Waals surface area contributed by atoms with Gasteiger partial charge in [0.25, 0.3) is 0 Å². The maximum Gasteiger partial charge on any atom is 0.409 e. The Morgan fingerprint density at radius 1 is 1.16 bits per heavy atom. The van der Waals surface area contributed by atoms with Crippen LogP contribution in [-0.4, -0.2) is 54.3 Å². The van der Waals surface area contributed by atoms with Crippen molar-refractivity contribution >= 4 is 12.1 Å². The summed E-state index contributed by atoms with van der Waals surface area (Å²) in [5.74, 6) is 2.15. The lowest BCUT2D eigenvalue weighted by Crippen LogP contribution is -2.48. The van der Waals surface area contributed by atoms with Gasteiger partial charge in [-0.05, 0) is 44.4 Å². The molecule has 3 N–H and O–H groups in total. The van der Waals surface area contributed by atoms with E-state index in [0.717, 1.165) is 18.4 Å². The summed E-state index contributed by atoms with van der Waals surface area (Å²) in [6, 6.07) is 11.4. The monoisotopic (exact) mass is 441 g/mol. The number of pyridine rings is 1. The number of rotatable bonds is 8. The minimum absolute atomic E-state index is 0.184. The molecule has 1 fully saturated rings. The van der Waals surface area contributed by atoms with E-state index >= 15 is 0 Å². The van der Waals surface area contributed by atoms with E-state index in [1.165, 1.54) is 0 Å². The molecule has 1 aliphatic heterocycles. The van der Waals surface area contributed by atoms with E-state index < -0.39 is 0 Å². The van der Waals surface area contributed by atoms with Gasteiger partial charge in [0, 0.05) is 31.4 Å². The van der Waals surface area contributed by atoms with E-state index in [1.807, 2.05) is 37.3 Å². The summed E-state index contributed by atoms with van der Waals surface area (Å²) in [6.45, 7) is 6.37. The average molecular weight is 442 g/mol. The molecule has 1 aromatic carbocycles. The number of nitrogens with zero attached hydrogens (tertiary/aromatic N) is 3. The number of carbonyl (C=O) groups excluding carboxylic acids is 1. The largest absolute Gasteiger partial charge is 0.490 e. The second-order valence-electron chi connectivity index (χ2n) is 7.29. The summed E-state index contributed by atoms with van der Waals surface area (Å²) in [5, 5.41) is 3.23. The SMILES string of the molecule is CCOC(=O)N1CCC(NC(N)=NCc2ccc(Oc3ccccc3OCC)nc2)CC1. The van der Waals surface area contributed by atoms with E-state index in [1.54, 1.807) is 24.1 Å². The van der Waals surface area contributed by atoms with Crippen LogP contribution >= 0.6 is 0 Å². The molecule has 1 amide bonds. The molecule has 0 spiro atoms. The molecule has 0 unspecified atom stereocenters. The fourth-order valence-corrected chi connectivity index (χ4v) is 3.34. The lowest BCUT2D eigenvalue weighted by atomic mass is 10.1. The standard InChI is InChI=1S/C23H31N5O4/c1-3-30-19-7-5-6-8-20(19)32-21-10-9-17(15-25-21)16-26-22(24)27-18-11-13-28(14-12-18)23(29)31-4-2/h5-10,15,18H,3-4,11-14,16H2,1-2H3,(H3,24,26,27). The number of para-hydroxylation sites is 2. The summed E-state index contributed by atoms with van der Waals surface area (Å²) in [5.41, 5.74) is 6.96. The predicted octanol–water partition coefficient (Wildman–Crippen LogP) is 3.30. The van der Waals surface area contributed by atoms with Crippen molar-refractivity contribution in [2.24, 2.45) is 10.7 Å². The van der Waals surface area contributed by atoms with Crippen molar-refractivity contribution in [3.05, 3.63) is 48.2 Å². The average Bonchev–Trinajstić information content (AvgIpc) is 2.81. The quantitative estimate of drug-likeness (QED) is 0.477. The van der Waals surface area contributed by atoms with Crippen LogP contribution in [0.3, 0.4) is 0 Å². The van der Waals surface area contributed by atoms with Crippen LogP contribution in [-0.2, 0) is 11.3 Å². The number of hydrogen-bond donors (Lipinski definition) is 2. The lowest BCUT2D eigenvalue weighted by molar-refractivity contribution is 0.0963. The normalized spacial score (nSPS) is 14.7. The molecule has 1 aromatic heterocycles. The maximum atomic E-state index is 11.8. The van der Waals surface area contributed by atoms with Crippen LogP contribution in [0.4, 0.5) is 4.79 Å². The van der Waals surface area contributed by atoms with E-state index in [-0.39, 0.29) is 12.1 Å². The Kier molecular flexibility index (Phi) is 8.53. The molecule has 1 saturated heterocycles. The second kappa shape index (κ2) is 11.8. The topological polar surface area (TPSA) is 111 Å². The van der Waals surface area contributed by atoms with Gasteiger partial charge in [-0.25, -0.2) is 14.8 Å². The van der Waals surface area contributed by atoms with Crippen molar-refractivity contribution in [3.63, 3.8) is 0 Å². The van der Waals surface area contributed by atoms with Crippen molar-refractivity contribution in [1.82, 2.24) is 15.2 Å². The number of likely N-dealkylation sites (tertiary alicyclic amines) is 1. The molecule has 3 rings (SSSR count). The third-order valence-electron chi connectivity index (χ3n) is 4.97. The summed E-state index contributed by atoms with van der Waals surface area (Å²) < 4.78 is 16.5. The predicted molar refractivity (Wildman–Crippen MR) is 122 cm³/mol. The summed E-state index contributed by atoms with van der Waals surface area (Å²) in [4.78, 5) is 22.2. The maximum absolute atomic E-state index is 11.8. The zero-order chi connectivity index (χ0) is 22.8. The first-order valence-corrected chi connectivity index (χ1v) is 10.9. The van der Waals surface area contributed by atoms with Crippen molar-refractivity contribution in [2.75, 3.05) is 26.3 Å². The highest BCUT2D eigenvalue weighted by Crippen LogP contribution is 2.30. The van der Waals surface area contributed by atoms with Crippen LogP contribution in [0.25, 0.3) is 0 Å². The smallest absolute Gasteiger partial charge is 0.409 e. The number of carbonyl (C=O) groups is 1. The van der Waals surface area contributed by atoms with Crippen LogP contribution in [0.15, 0.2) is 47.6 Å². The number of hydrogen-bond acceptors (Lipinski definition) is 6. The molecule has 1 aliphatic rings. The lowest BCUT2D eigenvalue weighted by Gasteiger charge is -2.31. The minimum Gasteiger partial charge on any atom is -0.490 e. The molecule has 0 radical (unpaired) electrons. The minimum atomic E-state index is -0.256. The molecule has 0 aliphatic carbocycles. The first-order valence-electron chi connectivity index (χ1n) is 10.9. The summed E-state index contributed by atoms with van der Waals surface area (Å²) >= 11 is 0. The van der Waals surface area contributed by atoms with Crippen LogP contribution in [0.5, 0.6) is 17.4 Å². The van der Waals surface area contributed by atoms with Gasteiger partial charge >= 0.3 is 6.09 Å². The summed E-state index contributed by atoms with van der Waals surface area (Å²) in [6.07, 6.45) is 3.05. The van der Waals surface area contributed by atoms with E-state index in [2.05, 4.69) is 15.3 Å². The number of aliphatic imine (C=N–C) groups is 1. The Bertz CT molecular complexity index is 896. The van der Waals surface area contributed by atoms with Crippen LogP contribution in [0.2, 0.25) is 0 Å². The Morgan fingerprint density at radius 3 is 2.56 bits per heavy atom. The van der Waals surface area contributed by atoms with Crippen molar-refractivity contribution in [2.45, 2.75) is 39.3 Å². The number of nitrogens with two attached hydrogens (primary N) is 1. The van der Waals surface area contributed by atoms with Gasteiger partial charge in [-0.15, -0.1) is 0 Å². The van der Waals surface area contributed by atoms with Crippen LogP contribution in [0.1, 0.15) is 32.3 Å². The third-order valence-corrected chi connectivity index (χ3v) is 4.97. The van der Waals surface area contributed by atoms with Gasteiger partial charge in [0.15, 0.2) is 17.5 Å². The van der Waals surface area contributed by atoms with Gasteiger partial charge in [0.1, 0.15) is 0 Å². The van der Waals surface area contributed by atoms with Crippen molar-refractivity contribution < 1.29 is 19.0 Å². The molecule has 9 heteroatoms. The van der Waals surface area contributed by atoms with Gasteiger partial charge in [0.05, 0.1) is 19.8 Å². The fraction of sp³-hybridized carbons (Fsp3) is 0.435. The zero-order valence-electron chi connectivity index (χ0n) is 18.6. The number of aromatic nitrogens is 1. The zero-order valence-corrected chi connectivity index (χ0v) is 18.6. The first-order chi connectivity index (χ1) is 15.6. The van der Waals surface area contributed by atoms with Gasteiger partial charge in [-0.1, -0.05) is 18.2 Å². The molecule has 9 nitrogen and oxygen atoms in total. The van der Waals surface area contributed by atoms with Crippen LogP contribution in [0, 0.1) is 0 Å². The number of piperidine rings is 1. The first kappa shape index (κ1) is 23.2. The molecule has 0 saturated carbocycles. The number of ether oxygens (including phenoxy) is 3. The Labute approximate surface area is 188 Å². The van der Waals surface area contributed by atoms with Gasteiger partial charge in [-0.3, -0.25) is 0 Å². The number of guanidine groups is 1. The Morgan fingerprint density at radius 2 is 1.91 bits per heavy atom.